The lowest BCUT2D eigenvalue weighted by Gasteiger charge is -2.27. The Kier molecular flexibility index (Phi) is 2.67. The number of nitrogens with one attached hydrogen (secondary N) is 1. The highest BCUT2D eigenvalue weighted by Gasteiger charge is 2.20. The fourth-order valence-electron chi connectivity index (χ4n) is 1.28. The summed E-state index contributed by atoms with van der Waals surface area (Å²) in [6, 6.07) is 2.38. The molecule has 0 spiro atoms. The van der Waals surface area contributed by atoms with Gasteiger partial charge in [0, 0.05) is 19.0 Å². The minimum absolute atomic E-state index is 0.237. The second-order valence-corrected chi connectivity index (χ2v) is 2.78. The third-order valence-corrected chi connectivity index (χ3v) is 2.02. The largest absolute Gasteiger partial charge is 0.327 e. The Morgan fingerprint density at radius 3 is 3.10 bits per heavy atom. The molecule has 0 aliphatic carbocycles. The first-order valence-electron chi connectivity index (χ1n) is 3.68. The summed E-state index contributed by atoms with van der Waals surface area (Å²) in [4.78, 5) is 0. The molecule has 1 rings (SSSR count). The third kappa shape index (κ3) is 1.69. The Balaban J connectivity index is 2.34. The second-order valence-electron chi connectivity index (χ2n) is 2.78. The highest BCUT2D eigenvalue weighted by Crippen LogP contribution is 2.11. The quantitative estimate of drug-likeness (QED) is 0.530. The highest BCUT2D eigenvalue weighted by atomic mass is 14.9. The van der Waals surface area contributed by atoms with Gasteiger partial charge in [0.2, 0.25) is 0 Å². The lowest BCUT2D eigenvalue weighted by molar-refractivity contribution is 0.331. The van der Waals surface area contributed by atoms with E-state index in [1.807, 2.05) is 0 Å². The monoisotopic (exact) mass is 139 g/mol. The number of nitrogens with two attached hydrogens (primary N) is 1. The molecule has 10 heavy (non-hydrogen) atoms. The Morgan fingerprint density at radius 2 is 2.50 bits per heavy atom. The molecule has 0 aromatic carbocycles. The summed E-state index contributed by atoms with van der Waals surface area (Å²) < 4.78 is 0. The molecule has 3 heteroatoms. The summed E-state index contributed by atoms with van der Waals surface area (Å²) in [5.74, 6) is 0.374. The van der Waals surface area contributed by atoms with Gasteiger partial charge >= 0.3 is 0 Å². The molecule has 0 bridgehead atoms. The van der Waals surface area contributed by atoms with E-state index >= 15 is 0 Å². The van der Waals surface area contributed by atoms with Gasteiger partial charge in [-0.1, -0.05) is 0 Å². The zero-order valence-corrected chi connectivity index (χ0v) is 6.01. The molecule has 0 amide bonds. The fourth-order valence-corrected chi connectivity index (χ4v) is 1.28. The van der Waals surface area contributed by atoms with E-state index in [0.29, 0.717) is 12.3 Å². The number of piperidine rings is 1. The van der Waals surface area contributed by atoms with Gasteiger partial charge in [-0.05, 0) is 18.9 Å². The Morgan fingerprint density at radius 1 is 1.70 bits per heavy atom. The molecule has 0 aromatic heterocycles. The molecule has 2 atom stereocenters. The van der Waals surface area contributed by atoms with Crippen LogP contribution in [0.2, 0.25) is 0 Å². The van der Waals surface area contributed by atoms with Crippen LogP contribution < -0.4 is 11.1 Å². The smallest absolute Gasteiger partial charge is 0.0625 e. The summed E-state index contributed by atoms with van der Waals surface area (Å²) in [5.41, 5.74) is 5.77. The SMILES string of the molecule is N#CC[C@H]1CNCC[C@H]1N. The summed E-state index contributed by atoms with van der Waals surface area (Å²) in [6.45, 7) is 1.91. The van der Waals surface area contributed by atoms with E-state index in [0.717, 1.165) is 19.5 Å². The maximum absolute atomic E-state index is 8.40. The molecule has 1 fully saturated rings. The van der Waals surface area contributed by atoms with E-state index in [1.165, 1.54) is 0 Å². The first-order chi connectivity index (χ1) is 4.84. The van der Waals surface area contributed by atoms with Crippen LogP contribution in [0.3, 0.4) is 0 Å². The van der Waals surface area contributed by atoms with Crippen LogP contribution in [0.4, 0.5) is 0 Å². The number of nitrogens with zero attached hydrogens (tertiary/aromatic N) is 1. The lowest BCUT2D eigenvalue weighted by Crippen LogP contribution is -2.44. The topological polar surface area (TPSA) is 61.8 Å². The number of hydrogen-bond acceptors (Lipinski definition) is 3. The zero-order valence-electron chi connectivity index (χ0n) is 6.01. The van der Waals surface area contributed by atoms with Crippen molar-refractivity contribution in [3.8, 4) is 6.07 Å². The van der Waals surface area contributed by atoms with Crippen LogP contribution in [0, 0.1) is 17.2 Å². The minimum Gasteiger partial charge on any atom is -0.327 e. The summed E-state index contributed by atoms with van der Waals surface area (Å²) >= 11 is 0. The maximum atomic E-state index is 8.40. The zero-order chi connectivity index (χ0) is 7.40. The summed E-state index contributed by atoms with van der Waals surface area (Å²) in [7, 11) is 0. The van der Waals surface area contributed by atoms with E-state index in [2.05, 4.69) is 11.4 Å². The molecule has 3 N–H and O–H groups in total. The van der Waals surface area contributed by atoms with Crippen LogP contribution in [0.1, 0.15) is 12.8 Å². The molecule has 1 aliphatic heterocycles. The number of hydrogen-bond donors (Lipinski definition) is 2. The van der Waals surface area contributed by atoms with Crippen LogP contribution in [0.5, 0.6) is 0 Å². The molecule has 1 heterocycles. The van der Waals surface area contributed by atoms with Crippen LogP contribution in [-0.2, 0) is 0 Å². The molecule has 0 saturated carbocycles. The molecule has 0 radical (unpaired) electrons. The van der Waals surface area contributed by atoms with E-state index in [9.17, 15) is 0 Å². The van der Waals surface area contributed by atoms with Crippen molar-refractivity contribution < 1.29 is 0 Å². The van der Waals surface area contributed by atoms with Crippen molar-refractivity contribution in [3.05, 3.63) is 0 Å². The lowest BCUT2D eigenvalue weighted by atomic mass is 9.92. The van der Waals surface area contributed by atoms with E-state index in [1.54, 1.807) is 0 Å². The molecule has 1 saturated heterocycles. The van der Waals surface area contributed by atoms with Gasteiger partial charge in [0.25, 0.3) is 0 Å². The first kappa shape index (κ1) is 7.52. The summed E-state index contributed by atoms with van der Waals surface area (Å²) in [6.07, 6.45) is 1.60. The summed E-state index contributed by atoms with van der Waals surface area (Å²) in [5, 5.41) is 11.6. The second kappa shape index (κ2) is 3.55. The van der Waals surface area contributed by atoms with Crippen molar-refractivity contribution in [2.45, 2.75) is 18.9 Å². The average molecular weight is 139 g/mol. The predicted octanol–water partition coefficient (Wildman–Crippen LogP) is -0.163. The molecule has 3 nitrogen and oxygen atoms in total. The van der Waals surface area contributed by atoms with Crippen LogP contribution >= 0.6 is 0 Å². The van der Waals surface area contributed by atoms with Gasteiger partial charge < -0.3 is 11.1 Å². The third-order valence-electron chi connectivity index (χ3n) is 2.02. The van der Waals surface area contributed by atoms with Crippen molar-refractivity contribution >= 4 is 0 Å². The van der Waals surface area contributed by atoms with Crippen molar-refractivity contribution in [2.24, 2.45) is 11.7 Å². The van der Waals surface area contributed by atoms with Gasteiger partial charge in [0.1, 0.15) is 0 Å². The van der Waals surface area contributed by atoms with Crippen LogP contribution in [0.25, 0.3) is 0 Å². The van der Waals surface area contributed by atoms with E-state index in [4.69, 9.17) is 11.0 Å². The standard InChI is InChI=1S/C7H13N3/c8-3-1-6-5-10-4-2-7(6)9/h6-7,10H,1-2,4-5,9H2/t6-,7+/m0/s1. The van der Waals surface area contributed by atoms with Crippen molar-refractivity contribution in [1.82, 2.24) is 5.32 Å². The van der Waals surface area contributed by atoms with Crippen LogP contribution in [-0.4, -0.2) is 19.1 Å². The van der Waals surface area contributed by atoms with E-state index < -0.39 is 0 Å². The Hall–Kier alpha value is -0.590. The molecular weight excluding hydrogens is 126 g/mol. The van der Waals surface area contributed by atoms with Gasteiger partial charge in [-0.3, -0.25) is 0 Å². The van der Waals surface area contributed by atoms with Gasteiger partial charge in [0.05, 0.1) is 6.07 Å². The predicted molar refractivity (Wildman–Crippen MR) is 39.2 cm³/mol. The molecule has 0 unspecified atom stereocenters. The van der Waals surface area contributed by atoms with Crippen molar-refractivity contribution in [2.75, 3.05) is 13.1 Å². The highest BCUT2D eigenvalue weighted by molar-refractivity contribution is 4.87. The van der Waals surface area contributed by atoms with E-state index in [-0.39, 0.29) is 6.04 Å². The first-order valence-corrected chi connectivity index (χ1v) is 3.68. The van der Waals surface area contributed by atoms with Gasteiger partial charge in [0.15, 0.2) is 0 Å². The van der Waals surface area contributed by atoms with Crippen LogP contribution in [0.15, 0.2) is 0 Å². The average Bonchev–Trinajstić information content (AvgIpc) is 1.94. The molecular formula is C7H13N3. The molecule has 56 valence electrons. The number of rotatable bonds is 1. The van der Waals surface area contributed by atoms with Crippen molar-refractivity contribution in [3.63, 3.8) is 0 Å². The number of nitriles is 1. The Labute approximate surface area is 61.2 Å². The van der Waals surface area contributed by atoms with Gasteiger partial charge in [-0.2, -0.15) is 5.26 Å². The molecule has 0 aromatic rings. The van der Waals surface area contributed by atoms with Gasteiger partial charge in [-0.15, -0.1) is 0 Å². The minimum atomic E-state index is 0.237. The van der Waals surface area contributed by atoms with Crippen molar-refractivity contribution in [1.29, 1.82) is 5.26 Å². The Bertz CT molecular complexity index is 138. The van der Waals surface area contributed by atoms with Gasteiger partial charge in [-0.25, -0.2) is 0 Å². The fraction of sp³-hybridized carbons (Fsp3) is 0.857. The molecule has 1 aliphatic rings. The normalized spacial score (nSPS) is 33.2. The maximum Gasteiger partial charge on any atom is 0.0625 e.